The van der Waals surface area contributed by atoms with Crippen LogP contribution < -0.4 is 0 Å². The fourth-order valence-corrected chi connectivity index (χ4v) is 2.66. The van der Waals surface area contributed by atoms with Gasteiger partial charge in [0.05, 0.1) is 12.2 Å². The third kappa shape index (κ3) is 6.82. The zero-order chi connectivity index (χ0) is 9.07. The van der Waals surface area contributed by atoms with Crippen molar-refractivity contribution in [3.05, 3.63) is 0 Å². The zero-order valence-corrected chi connectivity index (χ0v) is 8.95. The Morgan fingerprint density at radius 3 is 1.55 bits per heavy atom. The van der Waals surface area contributed by atoms with Crippen LogP contribution in [0, 0.1) is 11.2 Å². The lowest BCUT2D eigenvalue weighted by Gasteiger charge is -2.09. The Kier molecular flexibility index (Phi) is 4.64. The maximum atomic E-state index is 11.2. The molecule has 0 fully saturated rings. The Bertz CT molecular complexity index is 144. The molecule has 0 aromatic heterocycles. The average Bonchev–Trinajstić information content (AvgIpc) is 1.53. The highest BCUT2D eigenvalue weighted by Crippen LogP contribution is 2.47. The summed E-state index contributed by atoms with van der Waals surface area (Å²) in [6, 6.07) is 0. The molecule has 0 amide bonds. The molecule has 0 atom stereocenters. The first-order valence-corrected chi connectivity index (χ1v) is 6.07. The van der Waals surface area contributed by atoms with Crippen molar-refractivity contribution in [2.75, 3.05) is 0 Å². The van der Waals surface area contributed by atoms with Crippen molar-refractivity contribution in [2.45, 2.75) is 39.9 Å². The molecule has 11 heavy (non-hydrogen) atoms. The molecule has 0 saturated heterocycles. The van der Waals surface area contributed by atoms with E-state index in [2.05, 4.69) is 11.2 Å². The maximum absolute atomic E-state index is 11.2. The Morgan fingerprint density at radius 1 is 1.09 bits per heavy atom. The molecule has 0 aliphatic carbocycles. The predicted molar refractivity (Wildman–Crippen MR) is 41.4 cm³/mol. The van der Waals surface area contributed by atoms with Crippen LogP contribution in [0.25, 0.3) is 0 Å². The molecule has 0 unspecified atom stereocenters. The van der Waals surface area contributed by atoms with Crippen LogP contribution in [0.1, 0.15) is 27.7 Å². The van der Waals surface area contributed by atoms with Crippen molar-refractivity contribution < 1.29 is 24.9 Å². The lowest BCUT2D eigenvalue weighted by atomic mass is 10.5. The summed E-state index contributed by atoms with van der Waals surface area (Å²) in [5.74, 6) is 0. The molecule has 0 heterocycles. The van der Waals surface area contributed by atoms with Gasteiger partial charge in [-0.1, -0.05) is 0 Å². The first kappa shape index (κ1) is 11.4. The topological polar surface area (TPSA) is 35.5 Å². The third-order valence-corrected chi connectivity index (χ3v) is 2.56. The van der Waals surface area contributed by atoms with Crippen LogP contribution >= 0.6 is 6.95 Å². The maximum Gasteiger partial charge on any atom is 0.614 e. The van der Waals surface area contributed by atoms with Gasteiger partial charge in [0.15, 0.2) is 0 Å². The normalized spacial score (nSPS) is 13.0. The van der Waals surface area contributed by atoms with Crippen LogP contribution in [-0.4, -0.2) is 12.2 Å². The molecule has 0 rings (SSSR count). The van der Waals surface area contributed by atoms with Gasteiger partial charge < -0.3 is 0 Å². The van der Waals surface area contributed by atoms with E-state index in [-0.39, 0.29) is 12.2 Å². The molecule has 0 aromatic rings. The van der Waals surface area contributed by atoms with Gasteiger partial charge in [-0.2, -0.15) is 4.57 Å². The van der Waals surface area contributed by atoms with Crippen LogP contribution in [0.5, 0.6) is 0 Å². The molecule has 0 bridgehead atoms. The molecule has 0 aromatic carbocycles. The van der Waals surface area contributed by atoms with Crippen LogP contribution in [0.15, 0.2) is 0 Å². The van der Waals surface area contributed by atoms with E-state index in [1.807, 2.05) is 0 Å². The molecule has 68 valence electrons. The second kappa shape index (κ2) is 4.46. The molecule has 0 radical (unpaired) electrons. The van der Waals surface area contributed by atoms with Crippen molar-refractivity contribution in [1.82, 2.24) is 0 Å². The summed E-state index contributed by atoms with van der Waals surface area (Å²) in [6.45, 7) is 3.84. The lowest BCUT2D eigenvalue weighted by molar-refractivity contribution is -0.231. The summed E-state index contributed by atoms with van der Waals surface area (Å²) in [6.07, 6.45) is -0.311. The van der Waals surface area contributed by atoms with Gasteiger partial charge in [-0.05, 0) is 27.7 Å². The van der Waals surface area contributed by atoms with Crippen molar-refractivity contribution in [3.8, 4) is 0 Å². The third-order valence-electron chi connectivity index (χ3n) is 0.680. The molecule has 0 aliphatic heterocycles. The van der Waals surface area contributed by atoms with Crippen LogP contribution in [0.4, 0.5) is 0 Å². The highest BCUT2D eigenvalue weighted by Gasteiger charge is 2.34. The summed E-state index contributed by atoms with van der Waals surface area (Å²) in [5.41, 5.74) is 0. The number of hydrogen-bond acceptors (Lipinski definition) is 3. The van der Waals surface area contributed by atoms with Crippen LogP contribution in [-0.2, 0) is 13.6 Å². The van der Waals surface area contributed by atoms with Crippen molar-refractivity contribution >= 4 is 6.95 Å². The summed E-state index contributed by atoms with van der Waals surface area (Å²) in [5, 5.41) is 0. The van der Waals surface area contributed by atoms with Gasteiger partial charge in [-0.25, -0.2) is 0 Å². The van der Waals surface area contributed by atoms with Gasteiger partial charge in [-0.15, -0.1) is 0 Å². The summed E-state index contributed by atoms with van der Waals surface area (Å²) >= 11 is 4.61. The van der Waals surface area contributed by atoms with Gasteiger partial charge in [0.2, 0.25) is 11.2 Å². The van der Waals surface area contributed by atoms with Gasteiger partial charge >= 0.3 is 6.95 Å². The van der Waals surface area contributed by atoms with Crippen molar-refractivity contribution in [2.24, 2.45) is 0 Å². The van der Waals surface area contributed by atoms with Gasteiger partial charge in [-0.3, -0.25) is 9.05 Å². The van der Waals surface area contributed by atoms with E-state index in [4.69, 9.17) is 9.05 Å². The van der Waals surface area contributed by atoms with Gasteiger partial charge in [0.25, 0.3) is 0 Å². The van der Waals surface area contributed by atoms with E-state index in [9.17, 15) is 4.57 Å². The van der Waals surface area contributed by atoms with Crippen LogP contribution in [0.2, 0.25) is 0 Å². The molecule has 3 nitrogen and oxygen atoms in total. The quantitative estimate of drug-likeness (QED) is 0.655. The number of rotatable bonds is 4. The molecule has 0 aliphatic rings. The largest absolute Gasteiger partial charge is 0.614 e. The Hall–Kier alpha value is 0.440. The average molecular weight is 202 g/mol. The first-order valence-electron chi connectivity index (χ1n) is 3.51. The Labute approximate surface area is 72.3 Å². The molecule has 0 saturated carbocycles. The highest BCUT2D eigenvalue weighted by molar-refractivity contribution is 7.45. The minimum absolute atomic E-state index is 0.155. The molecule has 5 heteroatoms. The van der Waals surface area contributed by atoms with Crippen molar-refractivity contribution in [3.63, 3.8) is 0 Å². The molecule has 0 spiro atoms. The van der Waals surface area contributed by atoms with E-state index in [1.165, 1.54) is 0 Å². The predicted octanol–water partition coefficient (Wildman–Crippen LogP) is 2.23. The van der Waals surface area contributed by atoms with Gasteiger partial charge in [0.1, 0.15) is 0 Å². The van der Waals surface area contributed by atoms with E-state index in [1.54, 1.807) is 27.7 Å². The second-order valence-electron chi connectivity index (χ2n) is 2.76. The fraction of sp³-hybridized carbons (Fsp3) is 1.00. The smallest absolute Gasteiger partial charge is 0.258 e. The Balaban J connectivity index is 3.91. The summed E-state index contributed by atoms with van der Waals surface area (Å²) < 4.78 is 21.0. The SMILES string of the molecule is CC(C)OP(=O)([ClH+])OC(C)C. The van der Waals surface area contributed by atoms with E-state index >= 15 is 0 Å². The zero-order valence-electron chi connectivity index (χ0n) is 7.23. The van der Waals surface area contributed by atoms with E-state index in [0.717, 1.165) is 0 Å². The standard InChI is InChI=1S/C6H15ClO3P/c1-5(2)9-11(7,8)10-6(3)4/h5-7H,1-4H3/q+1. The molecular weight excluding hydrogens is 186 g/mol. The van der Waals surface area contributed by atoms with E-state index in [0.29, 0.717) is 0 Å². The van der Waals surface area contributed by atoms with E-state index < -0.39 is 6.95 Å². The summed E-state index contributed by atoms with van der Waals surface area (Å²) in [4.78, 5) is 0. The fourth-order valence-electron chi connectivity index (χ4n) is 0.541. The molecular formula is C6H15ClO3P+. The minimum atomic E-state index is -3.22. The van der Waals surface area contributed by atoms with Crippen LogP contribution in [0.3, 0.4) is 0 Å². The van der Waals surface area contributed by atoms with Crippen molar-refractivity contribution in [1.29, 1.82) is 0 Å². The summed E-state index contributed by atoms with van der Waals surface area (Å²) in [7, 11) is 0. The highest BCUT2D eigenvalue weighted by atomic mass is 35.7. The minimum Gasteiger partial charge on any atom is -0.258 e. The lowest BCUT2D eigenvalue weighted by Crippen LogP contribution is -2.05. The monoisotopic (exact) mass is 201 g/mol. The number of hydrogen-bond donors (Lipinski definition) is 0. The molecule has 0 N–H and O–H groups in total. The van der Waals surface area contributed by atoms with Gasteiger partial charge in [0, 0.05) is 0 Å². The second-order valence-corrected chi connectivity index (χ2v) is 5.41. The number of halogens is 1. The first-order chi connectivity index (χ1) is 4.83. The Morgan fingerprint density at radius 2 is 1.36 bits per heavy atom.